The third-order valence-corrected chi connectivity index (χ3v) is 3.88. The highest BCUT2D eigenvalue weighted by molar-refractivity contribution is 6.31. The van der Waals surface area contributed by atoms with Gasteiger partial charge in [0, 0.05) is 30.3 Å². The molecule has 0 aromatic heterocycles. The van der Waals surface area contributed by atoms with Crippen molar-refractivity contribution in [2.75, 3.05) is 20.3 Å². The van der Waals surface area contributed by atoms with Gasteiger partial charge in [0.15, 0.2) is 0 Å². The summed E-state index contributed by atoms with van der Waals surface area (Å²) in [6, 6.07) is 8.27. The lowest BCUT2D eigenvalue weighted by Gasteiger charge is -2.26. The minimum atomic E-state index is -0.170. The van der Waals surface area contributed by atoms with E-state index < -0.39 is 0 Å². The van der Waals surface area contributed by atoms with Gasteiger partial charge in [-0.05, 0) is 26.3 Å². The topological polar surface area (TPSA) is 30.5 Å². The fraction of sp³-hybridized carbons (Fsp3) is 0.647. The molecule has 1 aromatic carbocycles. The number of ether oxygens (including phenoxy) is 2. The molecule has 120 valence electrons. The highest BCUT2D eigenvalue weighted by Crippen LogP contribution is 2.26. The molecule has 0 amide bonds. The van der Waals surface area contributed by atoms with Crippen molar-refractivity contribution in [2.24, 2.45) is 0 Å². The van der Waals surface area contributed by atoms with Gasteiger partial charge in [0.25, 0.3) is 0 Å². The summed E-state index contributed by atoms with van der Waals surface area (Å²) in [6.07, 6.45) is 0.792. The summed E-state index contributed by atoms with van der Waals surface area (Å²) in [5.74, 6) is 0. The zero-order valence-electron chi connectivity index (χ0n) is 13.8. The summed E-state index contributed by atoms with van der Waals surface area (Å²) in [4.78, 5) is 0. The van der Waals surface area contributed by atoms with E-state index in [9.17, 15) is 0 Å². The van der Waals surface area contributed by atoms with Gasteiger partial charge in [-0.3, -0.25) is 0 Å². The highest BCUT2D eigenvalue weighted by Gasteiger charge is 2.19. The Morgan fingerprint density at radius 2 is 1.90 bits per heavy atom. The summed E-state index contributed by atoms with van der Waals surface area (Å²) in [7, 11) is 1.73. The maximum absolute atomic E-state index is 6.30. The smallest absolute Gasteiger partial charge is 0.0963 e. The lowest BCUT2D eigenvalue weighted by atomic mass is 10.1. The molecular formula is C17H28ClNO2. The number of nitrogens with one attached hydrogen (secondary N) is 1. The van der Waals surface area contributed by atoms with E-state index in [-0.39, 0.29) is 11.7 Å². The summed E-state index contributed by atoms with van der Waals surface area (Å²) < 4.78 is 11.5. The second-order valence-corrected chi connectivity index (χ2v) is 6.56. The van der Waals surface area contributed by atoms with E-state index in [4.69, 9.17) is 21.1 Å². The molecule has 1 aromatic rings. The highest BCUT2D eigenvalue weighted by atomic mass is 35.5. The zero-order chi connectivity index (χ0) is 15.9. The van der Waals surface area contributed by atoms with Crippen molar-refractivity contribution < 1.29 is 9.47 Å². The van der Waals surface area contributed by atoms with E-state index in [0.29, 0.717) is 12.6 Å². The van der Waals surface area contributed by atoms with Crippen LogP contribution in [0.4, 0.5) is 0 Å². The minimum Gasteiger partial charge on any atom is -0.379 e. The van der Waals surface area contributed by atoms with Gasteiger partial charge in [0.2, 0.25) is 0 Å². The fourth-order valence-electron chi connectivity index (χ4n) is 1.89. The number of methoxy groups -OCH3 is 1. The standard InChI is InChI=1S/C17H28ClNO2/c1-13(2)19-12-16(14-8-6-7-9-15(14)18)21-11-10-17(3,4)20-5/h6-9,13,16,19H,10-12H2,1-5H3. The van der Waals surface area contributed by atoms with Crippen molar-refractivity contribution in [1.29, 1.82) is 0 Å². The third kappa shape index (κ3) is 6.79. The molecule has 0 saturated heterocycles. The molecule has 0 spiro atoms. The van der Waals surface area contributed by atoms with Crippen molar-refractivity contribution in [3.8, 4) is 0 Å². The van der Waals surface area contributed by atoms with E-state index in [1.165, 1.54) is 0 Å². The molecule has 0 saturated carbocycles. The van der Waals surface area contributed by atoms with Crippen LogP contribution in [0.1, 0.15) is 45.8 Å². The molecule has 1 unspecified atom stereocenters. The monoisotopic (exact) mass is 313 g/mol. The van der Waals surface area contributed by atoms with Crippen LogP contribution >= 0.6 is 11.6 Å². The van der Waals surface area contributed by atoms with E-state index in [2.05, 4.69) is 33.0 Å². The molecule has 0 aliphatic rings. The first-order valence-electron chi connectivity index (χ1n) is 7.50. The van der Waals surface area contributed by atoms with Crippen LogP contribution in [0.25, 0.3) is 0 Å². The number of hydrogen-bond acceptors (Lipinski definition) is 3. The molecule has 21 heavy (non-hydrogen) atoms. The predicted molar refractivity (Wildman–Crippen MR) is 89.0 cm³/mol. The Morgan fingerprint density at radius 3 is 2.48 bits per heavy atom. The largest absolute Gasteiger partial charge is 0.379 e. The van der Waals surface area contributed by atoms with E-state index in [1.54, 1.807) is 7.11 Å². The Morgan fingerprint density at radius 1 is 1.24 bits per heavy atom. The summed E-state index contributed by atoms with van der Waals surface area (Å²) >= 11 is 6.30. The maximum Gasteiger partial charge on any atom is 0.0963 e. The first kappa shape index (κ1) is 18.4. The molecule has 0 heterocycles. The van der Waals surface area contributed by atoms with E-state index >= 15 is 0 Å². The van der Waals surface area contributed by atoms with Gasteiger partial charge in [-0.1, -0.05) is 43.6 Å². The lowest BCUT2D eigenvalue weighted by molar-refractivity contribution is -0.0275. The molecule has 1 atom stereocenters. The van der Waals surface area contributed by atoms with Crippen LogP contribution in [0.5, 0.6) is 0 Å². The first-order valence-corrected chi connectivity index (χ1v) is 7.88. The molecule has 0 aliphatic carbocycles. The number of halogens is 1. The SMILES string of the molecule is COC(C)(C)CCOC(CNC(C)C)c1ccccc1Cl. The average Bonchev–Trinajstić information content (AvgIpc) is 2.43. The van der Waals surface area contributed by atoms with Gasteiger partial charge in [-0.15, -0.1) is 0 Å². The number of rotatable bonds is 9. The Hall–Kier alpha value is -0.610. The van der Waals surface area contributed by atoms with Gasteiger partial charge < -0.3 is 14.8 Å². The molecule has 0 aliphatic heterocycles. The Bertz CT molecular complexity index is 421. The van der Waals surface area contributed by atoms with Gasteiger partial charge in [-0.25, -0.2) is 0 Å². The molecule has 3 nitrogen and oxygen atoms in total. The quantitative estimate of drug-likeness (QED) is 0.740. The maximum atomic E-state index is 6.30. The van der Waals surface area contributed by atoms with Gasteiger partial charge in [0.05, 0.1) is 18.3 Å². The van der Waals surface area contributed by atoms with Crippen LogP contribution in [-0.4, -0.2) is 31.9 Å². The minimum absolute atomic E-state index is 0.0474. The van der Waals surface area contributed by atoms with Crippen molar-refractivity contribution in [3.63, 3.8) is 0 Å². The Kier molecular flexibility index (Phi) is 7.67. The van der Waals surface area contributed by atoms with Crippen LogP contribution in [0.2, 0.25) is 5.02 Å². The summed E-state index contributed by atoms with van der Waals surface area (Å²) in [5.41, 5.74) is 0.860. The van der Waals surface area contributed by atoms with Crippen LogP contribution in [-0.2, 0) is 9.47 Å². The van der Waals surface area contributed by atoms with Crippen LogP contribution in [0, 0.1) is 0 Å². The van der Waals surface area contributed by atoms with Crippen molar-refractivity contribution in [3.05, 3.63) is 34.9 Å². The molecule has 1 N–H and O–H groups in total. The van der Waals surface area contributed by atoms with Gasteiger partial charge in [0.1, 0.15) is 0 Å². The second kappa shape index (κ2) is 8.74. The van der Waals surface area contributed by atoms with Crippen LogP contribution in [0.3, 0.4) is 0 Å². The summed E-state index contributed by atoms with van der Waals surface area (Å²) in [6.45, 7) is 9.75. The number of benzene rings is 1. The first-order chi connectivity index (χ1) is 9.85. The molecular weight excluding hydrogens is 286 g/mol. The molecule has 1 rings (SSSR count). The van der Waals surface area contributed by atoms with E-state index in [1.807, 2.05) is 24.3 Å². The molecule has 0 bridgehead atoms. The van der Waals surface area contributed by atoms with Crippen molar-refractivity contribution >= 4 is 11.6 Å². The lowest BCUT2D eigenvalue weighted by Crippen LogP contribution is -2.31. The molecule has 0 radical (unpaired) electrons. The molecule has 4 heteroatoms. The fourth-order valence-corrected chi connectivity index (χ4v) is 2.14. The summed E-state index contributed by atoms with van der Waals surface area (Å²) in [5, 5.41) is 4.17. The Balaban J connectivity index is 2.67. The second-order valence-electron chi connectivity index (χ2n) is 6.16. The van der Waals surface area contributed by atoms with E-state index in [0.717, 1.165) is 23.6 Å². The van der Waals surface area contributed by atoms with Gasteiger partial charge >= 0.3 is 0 Å². The predicted octanol–water partition coefficient (Wildman–Crippen LogP) is 4.21. The average molecular weight is 314 g/mol. The van der Waals surface area contributed by atoms with Crippen molar-refractivity contribution in [1.82, 2.24) is 5.32 Å². The number of hydrogen-bond donors (Lipinski definition) is 1. The van der Waals surface area contributed by atoms with Crippen molar-refractivity contribution in [2.45, 2.75) is 51.9 Å². The zero-order valence-corrected chi connectivity index (χ0v) is 14.5. The molecule has 0 fully saturated rings. The van der Waals surface area contributed by atoms with Gasteiger partial charge in [-0.2, -0.15) is 0 Å². The Labute approximate surface area is 134 Å². The normalized spacial score (nSPS) is 13.7. The van der Waals surface area contributed by atoms with Crippen LogP contribution < -0.4 is 5.32 Å². The third-order valence-electron chi connectivity index (χ3n) is 3.54. The van der Waals surface area contributed by atoms with Crippen LogP contribution in [0.15, 0.2) is 24.3 Å².